The second-order valence-electron chi connectivity index (χ2n) is 15.5. The molecule has 0 aromatic heterocycles. The van der Waals surface area contributed by atoms with Crippen LogP contribution >= 0.6 is 0 Å². The van der Waals surface area contributed by atoms with Crippen molar-refractivity contribution in [2.24, 2.45) is 58.2 Å². The standard InChI is InChI=1S/C38H58O4/c1-25(27(3)24-42-36(40)19-13-28-12-18-34(39)35(23-28)41-6)10-11-26(2)31-16-17-32-30-15-14-29-9-7-8-21-37(29,4)33(30)20-22-38(31,32)5/h12-13,18-19,23,25-27,29-33,39H,7-11,14-17,20-22,24H2,1-6H3/b19-13+/t25-,26-,27?,29-,30+,31-,32+,33+,37+,38-/m1/s1. The molecule has 0 heterocycles. The smallest absolute Gasteiger partial charge is 0.330 e. The summed E-state index contributed by atoms with van der Waals surface area (Å²) in [6.45, 7) is 12.9. The number of fused-ring (bicyclic) bond motifs is 5. The van der Waals surface area contributed by atoms with Crippen molar-refractivity contribution in [1.82, 2.24) is 0 Å². The molecular weight excluding hydrogens is 520 g/mol. The van der Waals surface area contributed by atoms with Gasteiger partial charge in [-0.05, 0) is 133 Å². The summed E-state index contributed by atoms with van der Waals surface area (Å²) in [5, 5.41) is 9.76. The first-order valence-corrected chi connectivity index (χ1v) is 17.3. The molecule has 5 rings (SSSR count). The monoisotopic (exact) mass is 578 g/mol. The van der Waals surface area contributed by atoms with Crippen molar-refractivity contribution in [2.75, 3.05) is 13.7 Å². The van der Waals surface area contributed by atoms with E-state index in [9.17, 15) is 9.90 Å². The van der Waals surface area contributed by atoms with Crippen LogP contribution in [0.1, 0.15) is 117 Å². The van der Waals surface area contributed by atoms with Gasteiger partial charge in [0.05, 0.1) is 13.7 Å². The Morgan fingerprint density at radius 1 is 0.952 bits per heavy atom. The summed E-state index contributed by atoms with van der Waals surface area (Å²) in [7, 11) is 1.51. The van der Waals surface area contributed by atoms with Crippen LogP contribution in [0.25, 0.3) is 6.08 Å². The molecule has 4 aliphatic rings. The topological polar surface area (TPSA) is 55.8 Å². The first-order chi connectivity index (χ1) is 20.1. The van der Waals surface area contributed by atoms with Crippen molar-refractivity contribution in [2.45, 2.75) is 112 Å². The highest BCUT2D eigenvalue weighted by Crippen LogP contribution is 2.68. The number of hydrogen-bond donors (Lipinski definition) is 1. The third-order valence-corrected chi connectivity index (χ3v) is 13.5. The summed E-state index contributed by atoms with van der Waals surface area (Å²) in [4.78, 5) is 12.4. The third kappa shape index (κ3) is 6.16. The van der Waals surface area contributed by atoms with Gasteiger partial charge in [0.15, 0.2) is 11.5 Å². The molecule has 0 amide bonds. The average molecular weight is 579 g/mol. The molecule has 4 aliphatic carbocycles. The van der Waals surface area contributed by atoms with Crippen LogP contribution in [-0.4, -0.2) is 24.8 Å². The Bertz CT molecular complexity index is 1110. The minimum Gasteiger partial charge on any atom is -0.504 e. The first-order valence-electron chi connectivity index (χ1n) is 17.3. The molecule has 42 heavy (non-hydrogen) atoms. The lowest BCUT2D eigenvalue weighted by molar-refractivity contribution is -0.139. The SMILES string of the molecule is COc1cc(/C=C/C(=O)OCC(C)[C@H](C)CC[C@@H](C)[C@H]2CC[C@H]3[C@@H]4CC[C@H]5CCCC[C@]5(C)[C@H]4CC[C@]23C)ccc1O. The Balaban J connectivity index is 1.09. The van der Waals surface area contributed by atoms with Crippen LogP contribution in [0.2, 0.25) is 0 Å². The summed E-state index contributed by atoms with van der Waals surface area (Å²) >= 11 is 0. The lowest BCUT2D eigenvalue weighted by Crippen LogP contribution is -2.53. The number of carbonyl (C=O) groups is 1. The van der Waals surface area contributed by atoms with E-state index in [0.717, 1.165) is 41.1 Å². The molecule has 0 bridgehead atoms. The van der Waals surface area contributed by atoms with E-state index in [-0.39, 0.29) is 11.7 Å². The number of methoxy groups -OCH3 is 1. The number of phenolic OH excluding ortho intramolecular Hbond substituents is 1. The van der Waals surface area contributed by atoms with Crippen molar-refractivity contribution in [3.8, 4) is 11.5 Å². The van der Waals surface area contributed by atoms with Crippen molar-refractivity contribution in [3.05, 3.63) is 29.8 Å². The fourth-order valence-corrected chi connectivity index (χ4v) is 10.7. The maximum absolute atomic E-state index is 12.4. The lowest BCUT2D eigenvalue weighted by Gasteiger charge is -2.61. The number of phenols is 1. The van der Waals surface area contributed by atoms with Crippen LogP contribution in [0.15, 0.2) is 24.3 Å². The minimum atomic E-state index is -0.328. The molecular formula is C38H58O4. The number of esters is 1. The van der Waals surface area contributed by atoms with E-state index in [1.807, 2.05) is 0 Å². The molecule has 4 nitrogen and oxygen atoms in total. The van der Waals surface area contributed by atoms with Gasteiger partial charge in [0, 0.05) is 6.08 Å². The van der Waals surface area contributed by atoms with Crippen LogP contribution in [0.3, 0.4) is 0 Å². The fourth-order valence-electron chi connectivity index (χ4n) is 10.7. The Morgan fingerprint density at radius 2 is 1.74 bits per heavy atom. The number of hydrogen-bond acceptors (Lipinski definition) is 4. The quantitative estimate of drug-likeness (QED) is 0.222. The maximum atomic E-state index is 12.4. The molecule has 10 atom stereocenters. The van der Waals surface area contributed by atoms with Crippen molar-refractivity contribution >= 4 is 12.0 Å². The van der Waals surface area contributed by atoms with Gasteiger partial charge in [0.2, 0.25) is 0 Å². The van der Waals surface area contributed by atoms with E-state index < -0.39 is 0 Å². The van der Waals surface area contributed by atoms with Crippen molar-refractivity contribution in [3.63, 3.8) is 0 Å². The highest BCUT2D eigenvalue weighted by atomic mass is 16.5. The van der Waals surface area contributed by atoms with Gasteiger partial charge < -0.3 is 14.6 Å². The predicted molar refractivity (Wildman–Crippen MR) is 171 cm³/mol. The Morgan fingerprint density at radius 3 is 2.52 bits per heavy atom. The van der Waals surface area contributed by atoms with E-state index in [4.69, 9.17) is 9.47 Å². The molecule has 4 fully saturated rings. The van der Waals surface area contributed by atoms with Crippen LogP contribution < -0.4 is 4.74 Å². The van der Waals surface area contributed by atoms with Crippen LogP contribution in [0.5, 0.6) is 11.5 Å². The molecule has 0 aliphatic heterocycles. The first kappa shape index (κ1) is 31.5. The molecule has 1 N–H and O–H groups in total. The Kier molecular flexibility index (Phi) is 9.70. The molecule has 4 heteroatoms. The number of aromatic hydroxyl groups is 1. The van der Waals surface area contributed by atoms with Crippen molar-refractivity contribution < 1.29 is 19.4 Å². The van der Waals surface area contributed by atoms with Gasteiger partial charge in [-0.3, -0.25) is 0 Å². The highest BCUT2D eigenvalue weighted by Gasteiger charge is 2.60. The van der Waals surface area contributed by atoms with E-state index in [1.165, 1.54) is 90.2 Å². The fraction of sp³-hybridized carbons (Fsp3) is 0.763. The molecule has 1 aromatic rings. The number of benzene rings is 1. The van der Waals surface area contributed by atoms with Crippen LogP contribution in [0.4, 0.5) is 0 Å². The van der Waals surface area contributed by atoms with E-state index in [0.29, 0.717) is 35.0 Å². The summed E-state index contributed by atoms with van der Waals surface area (Å²) in [6.07, 6.45) is 20.5. The zero-order valence-electron chi connectivity index (χ0n) is 27.4. The van der Waals surface area contributed by atoms with E-state index in [1.54, 1.807) is 24.3 Å². The normalized spacial score (nSPS) is 36.4. The number of rotatable bonds is 10. The summed E-state index contributed by atoms with van der Waals surface area (Å²) in [6, 6.07) is 5.01. The minimum absolute atomic E-state index is 0.0829. The zero-order valence-corrected chi connectivity index (χ0v) is 27.4. The largest absolute Gasteiger partial charge is 0.504 e. The zero-order chi connectivity index (χ0) is 30.1. The molecule has 1 unspecified atom stereocenters. The second kappa shape index (κ2) is 12.9. The van der Waals surface area contributed by atoms with Gasteiger partial charge in [0.1, 0.15) is 0 Å². The van der Waals surface area contributed by atoms with Gasteiger partial charge in [-0.15, -0.1) is 0 Å². The molecule has 0 saturated heterocycles. The molecule has 234 valence electrons. The molecule has 4 saturated carbocycles. The highest BCUT2D eigenvalue weighted by molar-refractivity contribution is 5.87. The molecule has 0 radical (unpaired) electrons. The van der Waals surface area contributed by atoms with E-state index in [2.05, 4.69) is 34.6 Å². The van der Waals surface area contributed by atoms with Gasteiger partial charge in [-0.1, -0.05) is 66.4 Å². The average Bonchev–Trinajstić information content (AvgIpc) is 3.35. The molecule has 1 aromatic carbocycles. The number of carbonyl (C=O) groups excluding carboxylic acids is 1. The van der Waals surface area contributed by atoms with Gasteiger partial charge in [-0.2, -0.15) is 0 Å². The molecule has 0 spiro atoms. The Hall–Kier alpha value is -1.97. The van der Waals surface area contributed by atoms with Crippen LogP contribution in [-0.2, 0) is 9.53 Å². The predicted octanol–water partition coefficient (Wildman–Crippen LogP) is 9.69. The van der Waals surface area contributed by atoms with Crippen LogP contribution in [0, 0.1) is 58.2 Å². The summed E-state index contributed by atoms with van der Waals surface area (Å²) in [5.74, 6) is 6.56. The lowest BCUT2D eigenvalue weighted by atomic mass is 9.44. The summed E-state index contributed by atoms with van der Waals surface area (Å²) < 4.78 is 10.8. The van der Waals surface area contributed by atoms with Gasteiger partial charge in [0.25, 0.3) is 0 Å². The van der Waals surface area contributed by atoms with Crippen molar-refractivity contribution in [1.29, 1.82) is 0 Å². The third-order valence-electron chi connectivity index (χ3n) is 13.5. The second-order valence-corrected chi connectivity index (χ2v) is 15.5. The van der Waals surface area contributed by atoms with Gasteiger partial charge in [-0.25, -0.2) is 4.79 Å². The Labute approximate surface area is 256 Å². The van der Waals surface area contributed by atoms with E-state index >= 15 is 0 Å². The number of ether oxygens (including phenoxy) is 2. The van der Waals surface area contributed by atoms with Gasteiger partial charge >= 0.3 is 5.97 Å². The maximum Gasteiger partial charge on any atom is 0.330 e. The summed E-state index contributed by atoms with van der Waals surface area (Å²) in [5.41, 5.74) is 1.96.